The van der Waals surface area contributed by atoms with E-state index in [4.69, 9.17) is 5.73 Å². The molecule has 6 heteroatoms. The summed E-state index contributed by atoms with van der Waals surface area (Å²) in [6.45, 7) is 0. The number of hydrogen-bond acceptors (Lipinski definition) is 3. The topological polar surface area (TPSA) is 55.5 Å². The van der Waals surface area contributed by atoms with Crippen molar-refractivity contribution in [2.45, 2.75) is 31.7 Å². The van der Waals surface area contributed by atoms with Crippen LogP contribution in [0.15, 0.2) is 18.2 Å². The van der Waals surface area contributed by atoms with E-state index in [1.54, 1.807) is 0 Å². The lowest BCUT2D eigenvalue weighted by Crippen LogP contribution is -2.18. The van der Waals surface area contributed by atoms with Crippen molar-refractivity contribution in [3.63, 3.8) is 0 Å². The van der Waals surface area contributed by atoms with Crippen molar-refractivity contribution in [2.75, 3.05) is 0 Å². The fraction of sp³-hybridized carbons (Fsp3) is 0.500. The van der Waals surface area contributed by atoms with Crippen LogP contribution in [0.25, 0.3) is 0 Å². The summed E-state index contributed by atoms with van der Waals surface area (Å²) in [5.74, 6) is -0.610. The summed E-state index contributed by atoms with van der Waals surface area (Å²) in [4.78, 5) is 0. The van der Waals surface area contributed by atoms with Crippen molar-refractivity contribution in [3.8, 4) is 11.5 Å². The minimum absolute atomic E-state index is 0.295. The number of phenols is 1. The Morgan fingerprint density at radius 2 is 2.06 bits per heavy atom. The third kappa shape index (κ3) is 3.29. The highest BCUT2D eigenvalue weighted by atomic mass is 19.4. The number of ether oxygens (including phenoxy) is 1. The normalized spacial score (nSPS) is 17.6. The summed E-state index contributed by atoms with van der Waals surface area (Å²) in [6, 6.07) is 3.51. The first kappa shape index (κ1) is 13.0. The zero-order chi connectivity index (χ0) is 13.3. The SMILES string of the molecule is N[C@@H](CC1CC1)c1cccc(OC(F)(F)F)c1O. The zero-order valence-corrected chi connectivity index (χ0v) is 9.57. The van der Waals surface area contributed by atoms with Gasteiger partial charge in [0.05, 0.1) is 0 Å². The molecule has 100 valence electrons. The highest BCUT2D eigenvalue weighted by Crippen LogP contribution is 2.41. The molecule has 0 radical (unpaired) electrons. The lowest BCUT2D eigenvalue weighted by molar-refractivity contribution is -0.275. The van der Waals surface area contributed by atoms with Crippen molar-refractivity contribution < 1.29 is 23.0 Å². The molecule has 2 rings (SSSR count). The van der Waals surface area contributed by atoms with E-state index in [-0.39, 0.29) is 0 Å². The van der Waals surface area contributed by atoms with Gasteiger partial charge in [-0.3, -0.25) is 0 Å². The number of para-hydroxylation sites is 1. The molecule has 1 aliphatic rings. The Morgan fingerprint density at radius 1 is 1.39 bits per heavy atom. The molecule has 1 atom stereocenters. The summed E-state index contributed by atoms with van der Waals surface area (Å²) < 4.78 is 40.1. The molecule has 0 heterocycles. The highest BCUT2D eigenvalue weighted by Gasteiger charge is 2.33. The molecular weight excluding hydrogens is 247 g/mol. The molecule has 0 unspecified atom stereocenters. The monoisotopic (exact) mass is 261 g/mol. The van der Waals surface area contributed by atoms with Gasteiger partial charge in [0, 0.05) is 11.6 Å². The van der Waals surface area contributed by atoms with E-state index in [1.165, 1.54) is 12.1 Å². The standard InChI is InChI=1S/C12H14F3NO2/c13-12(14,15)18-10-3-1-2-8(11(10)17)9(16)6-7-4-5-7/h1-3,7,9,17H,4-6,16H2/t9-/m0/s1. The summed E-state index contributed by atoms with van der Waals surface area (Å²) >= 11 is 0. The maximum absolute atomic E-state index is 12.1. The van der Waals surface area contributed by atoms with E-state index in [0.29, 0.717) is 17.9 Å². The van der Waals surface area contributed by atoms with Crippen LogP contribution in [-0.2, 0) is 0 Å². The number of hydrogen-bond donors (Lipinski definition) is 2. The van der Waals surface area contributed by atoms with Gasteiger partial charge in [0.15, 0.2) is 11.5 Å². The van der Waals surface area contributed by atoms with Crippen LogP contribution in [0.2, 0.25) is 0 Å². The molecule has 1 saturated carbocycles. The zero-order valence-electron chi connectivity index (χ0n) is 9.57. The van der Waals surface area contributed by atoms with Gasteiger partial charge in [0.25, 0.3) is 0 Å². The van der Waals surface area contributed by atoms with Gasteiger partial charge >= 0.3 is 6.36 Å². The highest BCUT2D eigenvalue weighted by molar-refractivity contribution is 5.47. The van der Waals surface area contributed by atoms with Crippen LogP contribution in [0.1, 0.15) is 30.9 Å². The van der Waals surface area contributed by atoms with Gasteiger partial charge in [-0.25, -0.2) is 0 Å². The van der Waals surface area contributed by atoms with Crippen molar-refractivity contribution in [2.24, 2.45) is 11.7 Å². The summed E-state index contributed by atoms with van der Waals surface area (Å²) in [6.07, 6.45) is -1.97. The molecule has 0 aromatic heterocycles. The van der Waals surface area contributed by atoms with Gasteiger partial charge in [-0.15, -0.1) is 13.2 Å². The average Bonchev–Trinajstić information content (AvgIpc) is 3.03. The lowest BCUT2D eigenvalue weighted by Gasteiger charge is -2.16. The molecule has 0 spiro atoms. The first-order valence-electron chi connectivity index (χ1n) is 5.70. The minimum atomic E-state index is -4.82. The van der Waals surface area contributed by atoms with Crippen molar-refractivity contribution in [1.82, 2.24) is 0 Å². The number of rotatable bonds is 4. The van der Waals surface area contributed by atoms with Gasteiger partial charge in [-0.05, 0) is 18.4 Å². The van der Waals surface area contributed by atoms with Crippen LogP contribution >= 0.6 is 0 Å². The quantitative estimate of drug-likeness (QED) is 0.875. The second kappa shape index (κ2) is 4.68. The Hall–Kier alpha value is -1.43. The molecule has 1 aliphatic carbocycles. The maximum atomic E-state index is 12.1. The Morgan fingerprint density at radius 3 is 2.61 bits per heavy atom. The number of phenolic OH excluding ortho intramolecular Hbond substituents is 1. The molecule has 0 amide bonds. The first-order valence-corrected chi connectivity index (χ1v) is 5.70. The first-order chi connectivity index (χ1) is 8.37. The van der Waals surface area contributed by atoms with Crippen LogP contribution in [0, 0.1) is 5.92 Å². The van der Waals surface area contributed by atoms with Gasteiger partial charge in [-0.2, -0.15) is 0 Å². The van der Waals surface area contributed by atoms with Gasteiger partial charge in [0.1, 0.15) is 0 Å². The second-order valence-corrected chi connectivity index (χ2v) is 4.53. The van der Waals surface area contributed by atoms with Gasteiger partial charge in [0.2, 0.25) is 0 Å². The number of halogens is 3. The van der Waals surface area contributed by atoms with Crippen LogP contribution in [0.4, 0.5) is 13.2 Å². The largest absolute Gasteiger partial charge is 0.573 e. The number of alkyl halides is 3. The van der Waals surface area contributed by atoms with Gasteiger partial charge in [-0.1, -0.05) is 25.0 Å². The van der Waals surface area contributed by atoms with E-state index < -0.39 is 23.9 Å². The third-order valence-corrected chi connectivity index (χ3v) is 2.94. The third-order valence-electron chi connectivity index (χ3n) is 2.94. The Balaban J connectivity index is 2.17. The summed E-state index contributed by atoms with van der Waals surface area (Å²) in [5.41, 5.74) is 6.17. The average molecular weight is 261 g/mol. The fourth-order valence-corrected chi connectivity index (χ4v) is 1.89. The molecule has 1 aromatic carbocycles. The molecule has 0 bridgehead atoms. The molecule has 18 heavy (non-hydrogen) atoms. The van der Waals surface area contributed by atoms with Crippen LogP contribution in [-0.4, -0.2) is 11.5 Å². The van der Waals surface area contributed by atoms with Crippen LogP contribution < -0.4 is 10.5 Å². The number of aromatic hydroxyl groups is 1. The molecule has 3 N–H and O–H groups in total. The lowest BCUT2D eigenvalue weighted by atomic mass is 10.0. The molecule has 1 fully saturated rings. The predicted molar refractivity (Wildman–Crippen MR) is 59.1 cm³/mol. The minimum Gasteiger partial charge on any atom is -0.504 e. The molecule has 0 saturated heterocycles. The molecule has 1 aromatic rings. The van der Waals surface area contributed by atoms with E-state index in [2.05, 4.69) is 4.74 Å². The Bertz CT molecular complexity index is 430. The van der Waals surface area contributed by atoms with Crippen molar-refractivity contribution in [1.29, 1.82) is 0 Å². The van der Waals surface area contributed by atoms with Crippen molar-refractivity contribution >= 4 is 0 Å². The van der Waals surface area contributed by atoms with E-state index >= 15 is 0 Å². The second-order valence-electron chi connectivity index (χ2n) is 4.53. The fourth-order valence-electron chi connectivity index (χ4n) is 1.89. The Labute approximate surface area is 102 Å². The maximum Gasteiger partial charge on any atom is 0.573 e. The van der Waals surface area contributed by atoms with E-state index in [0.717, 1.165) is 18.9 Å². The summed E-state index contributed by atoms with van der Waals surface area (Å²) in [5, 5.41) is 9.75. The molecular formula is C12H14F3NO2. The predicted octanol–water partition coefficient (Wildman–Crippen LogP) is 3.09. The number of nitrogens with two attached hydrogens (primary N) is 1. The molecule has 0 aliphatic heterocycles. The molecule has 3 nitrogen and oxygen atoms in total. The Kier molecular flexibility index (Phi) is 3.38. The van der Waals surface area contributed by atoms with Crippen LogP contribution in [0.5, 0.6) is 11.5 Å². The van der Waals surface area contributed by atoms with E-state index in [1.807, 2.05) is 0 Å². The van der Waals surface area contributed by atoms with E-state index in [9.17, 15) is 18.3 Å². The van der Waals surface area contributed by atoms with Crippen molar-refractivity contribution in [3.05, 3.63) is 23.8 Å². The van der Waals surface area contributed by atoms with Gasteiger partial charge < -0.3 is 15.6 Å². The smallest absolute Gasteiger partial charge is 0.504 e. The summed E-state index contributed by atoms with van der Waals surface area (Å²) in [7, 11) is 0. The van der Waals surface area contributed by atoms with Crippen LogP contribution in [0.3, 0.4) is 0 Å². The number of benzene rings is 1.